The fourth-order valence-electron chi connectivity index (χ4n) is 2.55. The Kier molecular flexibility index (Phi) is 6.37. The molecule has 0 unspecified atom stereocenters. The standard InChI is InChI=1S/C19H23BrN2O/c1-4-15-9-11-16(12-10-15)22-19(23)14(3)21-13(2)17-7-5-6-8-18(17)20/h5-14,21H,4H2,1-3H3,(H,22,23)/p+1/t13-,14+/m1/s1. The first-order valence-electron chi connectivity index (χ1n) is 8.00. The highest BCUT2D eigenvalue weighted by Gasteiger charge is 2.21. The Bertz CT molecular complexity index is 655. The van der Waals surface area contributed by atoms with Crippen LogP contribution in [0, 0.1) is 0 Å². The van der Waals surface area contributed by atoms with E-state index in [1.807, 2.05) is 49.4 Å². The molecule has 0 aliphatic rings. The molecule has 2 aromatic rings. The molecule has 2 aromatic carbocycles. The van der Waals surface area contributed by atoms with Crippen LogP contribution in [0.3, 0.4) is 0 Å². The molecular formula is C19H24BrN2O+. The summed E-state index contributed by atoms with van der Waals surface area (Å²) in [4.78, 5) is 12.4. The van der Waals surface area contributed by atoms with Gasteiger partial charge in [-0.1, -0.05) is 53.2 Å². The van der Waals surface area contributed by atoms with Gasteiger partial charge in [0.1, 0.15) is 6.04 Å². The fraction of sp³-hybridized carbons (Fsp3) is 0.316. The van der Waals surface area contributed by atoms with Gasteiger partial charge in [0, 0.05) is 15.7 Å². The Balaban J connectivity index is 1.95. The van der Waals surface area contributed by atoms with E-state index in [0.29, 0.717) is 0 Å². The number of halogens is 1. The first-order chi connectivity index (χ1) is 11.0. The van der Waals surface area contributed by atoms with Crippen molar-refractivity contribution >= 4 is 27.5 Å². The second-order valence-electron chi connectivity index (χ2n) is 5.83. The molecule has 0 heterocycles. The highest BCUT2D eigenvalue weighted by Crippen LogP contribution is 2.20. The van der Waals surface area contributed by atoms with Gasteiger partial charge in [-0.05, 0) is 44.0 Å². The Morgan fingerprint density at radius 1 is 1.13 bits per heavy atom. The summed E-state index contributed by atoms with van der Waals surface area (Å²) in [6.07, 6.45) is 1.00. The zero-order valence-corrected chi connectivity index (χ0v) is 15.4. The molecule has 2 rings (SSSR count). The van der Waals surface area contributed by atoms with E-state index >= 15 is 0 Å². The average Bonchev–Trinajstić information content (AvgIpc) is 2.55. The van der Waals surface area contributed by atoms with Gasteiger partial charge in [-0.3, -0.25) is 4.79 Å². The average molecular weight is 376 g/mol. The van der Waals surface area contributed by atoms with Crippen LogP contribution in [0.5, 0.6) is 0 Å². The van der Waals surface area contributed by atoms with Crippen LogP contribution in [0.4, 0.5) is 5.69 Å². The van der Waals surface area contributed by atoms with Crippen LogP contribution in [0.15, 0.2) is 53.0 Å². The van der Waals surface area contributed by atoms with Crippen molar-refractivity contribution in [3.8, 4) is 0 Å². The first-order valence-corrected chi connectivity index (χ1v) is 8.79. The van der Waals surface area contributed by atoms with E-state index < -0.39 is 0 Å². The largest absolute Gasteiger partial charge is 0.330 e. The van der Waals surface area contributed by atoms with Crippen molar-refractivity contribution in [1.29, 1.82) is 0 Å². The zero-order valence-electron chi connectivity index (χ0n) is 13.8. The number of anilines is 1. The molecule has 0 fully saturated rings. The van der Waals surface area contributed by atoms with Gasteiger partial charge in [-0.15, -0.1) is 0 Å². The maximum absolute atomic E-state index is 12.4. The molecule has 0 bridgehead atoms. The minimum Gasteiger partial charge on any atom is -0.330 e. The summed E-state index contributed by atoms with van der Waals surface area (Å²) in [5.41, 5.74) is 3.31. The van der Waals surface area contributed by atoms with E-state index in [1.165, 1.54) is 11.1 Å². The molecule has 4 heteroatoms. The van der Waals surface area contributed by atoms with Crippen molar-refractivity contribution in [2.45, 2.75) is 39.3 Å². The summed E-state index contributed by atoms with van der Waals surface area (Å²) in [6.45, 7) is 6.16. The first kappa shape index (κ1) is 17.7. The quantitative estimate of drug-likeness (QED) is 0.794. The predicted molar refractivity (Wildman–Crippen MR) is 98.4 cm³/mol. The summed E-state index contributed by atoms with van der Waals surface area (Å²) in [6, 6.07) is 16.2. The number of amides is 1. The lowest BCUT2D eigenvalue weighted by atomic mass is 10.1. The zero-order chi connectivity index (χ0) is 16.8. The van der Waals surface area contributed by atoms with Crippen molar-refractivity contribution in [2.75, 3.05) is 5.32 Å². The van der Waals surface area contributed by atoms with Crippen molar-refractivity contribution in [3.05, 3.63) is 64.1 Å². The van der Waals surface area contributed by atoms with Crippen molar-refractivity contribution < 1.29 is 10.1 Å². The van der Waals surface area contributed by atoms with E-state index in [2.05, 4.69) is 46.5 Å². The Morgan fingerprint density at radius 2 is 1.78 bits per heavy atom. The van der Waals surface area contributed by atoms with Gasteiger partial charge in [0.25, 0.3) is 5.91 Å². The highest BCUT2D eigenvalue weighted by atomic mass is 79.9. The molecule has 3 N–H and O–H groups in total. The van der Waals surface area contributed by atoms with E-state index in [4.69, 9.17) is 0 Å². The molecule has 23 heavy (non-hydrogen) atoms. The normalized spacial score (nSPS) is 13.4. The van der Waals surface area contributed by atoms with Crippen molar-refractivity contribution in [1.82, 2.24) is 0 Å². The summed E-state index contributed by atoms with van der Waals surface area (Å²) in [5.74, 6) is 0.0214. The number of aryl methyl sites for hydroxylation is 1. The van der Waals surface area contributed by atoms with E-state index in [-0.39, 0.29) is 18.0 Å². The number of rotatable bonds is 6. The number of carbonyl (C=O) groups excluding carboxylic acids is 1. The molecular weight excluding hydrogens is 352 g/mol. The molecule has 0 spiro atoms. The minimum absolute atomic E-state index is 0.0214. The second kappa shape index (κ2) is 8.27. The predicted octanol–water partition coefficient (Wildman–Crippen LogP) is 3.66. The monoisotopic (exact) mass is 375 g/mol. The molecule has 0 saturated carbocycles. The lowest BCUT2D eigenvalue weighted by molar-refractivity contribution is -0.709. The lowest BCUT2D eigenvalue weighted by Crippen LogP contribution is -2.91. The third-order valence-corrected chi connectivity index (χ3v) is 4.74. The highest BCUT2D eigenvalue weighted by molar-refractivity contribution is 9.10. The van der Waals surface area contributed by atoms with Crippen LogP contribution >= 0.6 is 15.9 Å². The van der Waals surface area contributed by atoms with Gasteiger partial charge in [0.2, 0.25) is 0 Å². The number of hydrogen-bond donors (Lipinski definition) is 2. The van der Waals surface area contributed by atoms with Gasteiger partial charge < -0.3 is 10.6 Å². The number of benzene rings is 2. The Hall–Kier alpha value is -1.65. The van der Waals surface area contributed by atoms with Crippen LogP contribution in [0.1, 0.15) is 37.9 Å². The third kappa shape index (κ3) is 4.91. The molecule has 0 aliphatic carbocycles. The fourth-order valence-corrected chi connectivity index (χ4v) is 3.19. The van der Waals surface area contributed by atoms with Crippen LogP contribution in [-0.2, 0) is 11.2 Å². The van der Waals surface area contributed by atoms with E-state index in [1.54, 1.807) is 0 Å². The Morgan fingerprint density at radius 3 is 2.39 bits per heavy atom. The minimum atomic E-state index is -0.164. The third-order valence-electron chi connectivity index (χ3n) is 4.02. The van der Waals surface area contributed by atoms with Crippen LogP contribution in [0.25, 0.3) is 0 Å². The molecule has 1 amide bonds. The summed E-state index contributed by atoms with van der Waals surface area (Å²) in [7, 11) is 0. The molecule has 2 atom stereocenters. The summed E-state index contributed by atoms with van der Waals surface area (Å²) < 4.78 is 1.08. The van der Waals surface area contributed by atoms with Gasteiger partial charge in [0.15, 0.2) is 6.04 Å². The second-order valence-corrected chi connectivity index (χ2v) is 6.69. The molecule has 0 radical (unpaired) electrons. The summed E-state index contributed by atoms with van der Waals surface area (Å²) in [5, 5.41) is 5.06. The van der Waals surface area contributed by atoms with Crippen LogP contribution < -0.4 is 10.6 Å². The number of nitrogens with two attached hydrogens (primary N) is 1. The lowest BCUT2D eigenvalue weighted by Gasteiger charge is -2.18. The molecule has 0 saturated heterocycles. The molecule has 3 nitrogen and oxygen atoms in total. The van der Waals surface area contributed by atoms with Crippen LogP contribution in [0.2, 0.25) is 0 Å². The topological polar surface area (TPSA) is 45.7 Å². The van der Waals surface area contributed by atoms with Gasteiger partial charge >= 0.3 is 0 Å². The van der Waals surface area contributed by atoms with Crippen molar-refractivity contribution in [2.24, 2.45) is 0 Å². The number of hydrogen-bond acceptors (Lipinski definition) is 1. The summed E-state index contributed by atoms with van der Waals surface area (Å²) >= 11 is 3.57. The molecule has 122 valence electrons. The smallest absolute Gasteiger partial charge is 0.282 e. The number of quaternary nitrogens is 1. The van der Waals surface area contributed by atoms with Gasteiger partial charge in [-0.25, -0.2) is 0 Å². The molecule has 0 aromatic heterocycles. The maximum Gasteiger partial charge on any atom is 0.282 e. The maximum atomic E-state index is 12.4. The van der Waals surface area contributed by atoms with E-state index in [0.717, 1.165) is 16.6 Å². The number of nitrogens with one attached hydrogen (secondary N) is 1. The van der Waals surface area contributed by atoms with Gasteiger partial charge in [-0.2, -0.15) is 0 Å². The number of carbonyl (C=O) groups is 1. The van der Waals surface area contributed by atoms with Gasteiger partial charge in [0.05, 0.1) is 0 Å². The SMILES string of the molecule is CCc1ccc(NC(=O)[C@H](C)[NH2+][C@H](C)c2ccccc2Br)cc1. The van der Waals surface area contributed by atoms with Crippen LogP contribution in [-0.4, -0.2) is 11.9 Å². The van der Waals surface area contributed by atoms with Crippen molar-refractivity contribution in [3.63, 3.8) is 0 Å². The molecule has 0 aliphatic heterocycles. The Labute approximate surface area is 146 Å². The van der Waals surface area contributed by atoms with E-state index in [9.17, 15) is 4.79 Å².